The molecule has 0 bridgehead atoms. The van der Waals surface area contributed by atoms with E-state index in [9.17, 15) is 22.8 Å². The zero-order valence-corrected chi connectivity index (χ0v) is 38.2. The highest BCUT2D eigenvalue weighted by Crippen LogP contribution is 2.27. The summed E-state index contributed by atoms with van der Waals surface area (Å²) in [4.78, 5) is 60.6. The highest BCUT2D eigenvalue weighted by atomic mass is 19.1. The van der Waals surface area contributed by atoms with Crippen LogP contribution in [0.1, 0.15) is 50.5 Å². The number of nitrogens with zero attached hydrogens (tertiary/aromatic N) is 13. The standard InChI is InChI=1S/C17H15FN6.C16H12FN7O.C14H12FN5O.CO2/c1-2-14-20-16(22-21-14)15-12-7-5-9-19-17(12)24(23-15)10-11-6-3-4-8-13(11)18;17-11-6-2-1-4-9(11)8-24-16-10(5-3-7-19-16)12(23-24)14-20-15(13(18)25)22-21-14;15-11-6-2-1-4-9(11)8-20-13-10(5-3-7-17-13)12(19-20)14(21)18-16;2-1-3/h3-9H,2,10H2,1H3,(H,20,21,22);1-7H,8H2,(H2,18,25)(H,20,21,22);1-7H,8,16H2,(H,18,21);. The number of primary amides is 1. The molecule has 22 nitrogen and oxygen atoms in total. The average Bonchev–Trinajstić information content (AvgIpc) is 4.27. The zero-order valence-electron chi connectivity index (χ0n) is 38.2. The Balaban J connectivity index is 0.000000143. The Hall–Kier alpha value is -10.1. The number of rotatable bonds is 11. The molecule has 366 valence electrons. The maximum atomic E-state index is 14.0. The van der Waals surface area contributed by atoms with Crippen molar-refractivity contribution in [2.45, 2.75) is 33.0 Å². The molecule has 0 spiro atoms. The maximum Gasteiger partial charge on any atom is 0.373 e. The number of amides is 2. The highest BCUT2D eigenvalue weighted by Gasteiger charge is 2.21. The van der Waals surface area contributed by atoms with Crippen LogP contribution in [0, 0.1) is 17.5 Å². The van der Waals surface area contributed by atoms with E-state index in [0.29, 0.717) is 68.2 Å². The number of nitrogen functional groups attached to an aromatic ring is 1. The summed E-state index contributed by atoms with van der Waals surface area (Å²) in [5.41, 5.74) is 11.7. The van der Waals surface area contributed by atoms with E-state index in [-0.39, 0.29) is 54.0 Å². The van der Waals surface area contributed by atoms with Gasteiger partial charge in [0.05, 0.1) is 35.8 Å². The first-order valence-electron chi connectivity index (χ1n) is 21.8. The molecule has 0 fully saturated rings. The fourth-order valence-corrected chi connectivity index (χ4v) is 7.33. The lowest BCUT2D eigenvalue weighted by atomic mass is 10.2. The second-order valence-electron chi connectivity index (χ2n) is 15.3. The van der Waals surface area contributed by atoms with Gasteiger partial charge in [-0.1, -0.05) is 61.5 Å². The molecule has 0 unspecified atom stereocenters. The van der Waals surface area contributed by atoms with Gasteiger partial charge in [-0.2, -0.15) is 35.1 Å². The number of carbonyl (C=O) groups excluding carboxylic acids is 4. The molecule has 0 aliphatic carbocycles. The van der Waals surface area contributed by atoms with Gasteiger partial charge in [0.25, 0.3) is 11.8 Å². The minimum atomic E-state index is -0.716. The van der Waals surface area contributed by atoms with Crippen LogP contribution in [-0.2, 0) is 35.6 Å². The summed E-state index contributed by atoms with van der Waals surface area (Å²) in [7, 11) is 0. The summed E-state index contributed by atoms with van der Waals surface area (Å²) >= 11 is 0. The third kappa shape index (κ3) is 11.0. The molecule has 0 aliphatic rings. The van der Waals surface area contributed by atoms with Crippen LogP contribution < -0.4 is 17.0 Å². The number of carbonyl (C=O) groups is 2. The Morgan fingerprint density at radius 2 is 1.00 bits per heavy atom. The van der Waals surface area contributed by atoms with E-state index < -0.39 is 11.8 Å². The van der Waals surface area contributed by atoms with E-state index in [1.54, 1.807) is 101 Å². The zero-order chi connectivity index (χ0) is 51.4. The number of aryl methyl sites for hydroxylation is 1. The smallest absolute Gasteiger partial charge is 0.363 e. The summed E-state index contributed by atoms with van der Waals surface area (Å²) < 4.78 is 46.4. The average molecular weight is 989 g/mol. The van der Waals surface area contributed by atoms with Gasteiger partial charge in [-0.15, -0.1) is 0 Å². The van der Waals surface area contributed by atoms with E-state index >= 15 is 0 Å². The second-order valence-corrected chi connectivity index (χ2v) is 15.3. The molecule has 0 atom stereocenters. The van der Waals surface area contributed by atoms with Gasteiger partial charge in [-0.3, -0.25) is 25.2 Å². The van der Waals surface area contributed by atoms with Crippen molar-refractivity contribution in [3.8, 4) is 23.0 Å². The lowest BCUT2D eigenvalue weighted by Gasteiger charge is -2.04. The maximum absolute atomic E-state index is 14.0. The van der Waals surface area contributed by atoms with E-state index in [2.05, 4.69) is 60.6 Å². The summed E-state index contributed by atoms with van der Waals surface area (Å²) in [6.45, 7) is 2.68. The van der Waals surface area contributed by atoms with Gasteiger partial charge >= 0.3 is 6.15 Å². The van der Waals surface area contributed by atoms with Gasteiger partial charge in [0.2, 0.25) is 17.5 Å². The fourth-order valence-electron chi connectivity index (χ4n) is 7.33. The lowest BCUT2D eigenvalue weighted by molar-refractivity contribution is -0.191. The van der Waals surface area contributed by atoms with Crippen molar-refractivity contribution < 1.29 is 32.3 Å². The molecule has 73 heavy (non-hydrogen) atoms. The molecule has 25 heteroatoms. The summed E-state index contributed by atoms with van der Waals surface area (Å²) in [5.74, 6) is 4.49. The van der Waals surface area contributed by atoms with Crippen molar-refractivity contribution in [2.24, 2.45) is 11.6 Å². The number of halogens is 3. The molecule has 0 aliphatic heterocycles. The fraction of sp³-hybridized carbons (Fsp3) is 0.104. The number of pyridine rings is 3. The number of hydrogen-bond donors (Lipinski definition) is 5. The van der Waals surface area contributed by atoms with Crippen molar-refractivity contribution in [1.29, 1.82) is 0 Å². The predicted molar refractivity (Wildman–Crippen MR) is 254 cm³/mol. The molecule has 11 aromatic rings. The van der Waals surface area contributed by atoms with Crippen molar-refractivity contribution >= 4 is 51.1 Å². The van der Waals surface area contributed by atoms with Crippen LogP contribution >= 0.6 is 0 Å². The molecule has 3 aromatic carbocycles. The number of hydrogen-bond acceptors (Lipinski definition) is 15. The van der Waals surface area contributed by atoms with E-state index in [4.69, 9.17) is 21.2 Å². The Kier molecular flexibility index (Phi) is 15.2. The number of aromatic nitrogens is 15. The number of benzene rings is 3. The van der Waals surface area contributed by atoms with Gasteiger partial charge in [0.1, 0.15) is 34.7 Å². The number of aromatic amines is 2. The van der Waals surface area contributed by atoms with Crippen molar-refractivity contribution in [3.63, 3.8) is 0 Å². The van der Waals surface area contributed by atoms with Crippen LogP contribution in [0.3, 0.4) is 0 Å². The lowest BCUT2D eigenvalue weighted by Crippen LogP contribution is -2.30. The number of hydrazine groups is 1. The van der Waals surface area contributed by atoms with Crippen LogP contribution in [-0.4, -0.2) is 92.6 Å². The minimum absolute atomic E-state index is 0.0595. The van der Waals surface area contributed by atoms with Crippen LogP contribution in [0.25, 0.3) is 56.1 Å². The van der Waals surface area contributed by atoms with Crippen molar-refractivity contribution in [2.75, 3.05) is 0 Å². The first kappa shape index (κ1) is 49.3. The molecule has 0 saturated carbocycles. The normalized spacial score (nSPS) is 10.7. The van der Waals surface area contributed by atoms with Gasteiger partial charge in [0, 0.05) is 41.7 Å². The van der Waals surface area contributed by atoms with E-state index in [0.717, 1.165) is 17.6 Å². The van der Waals surface area contributed by atoms with Gasteiger partial charge in [-0.25, -0.2) is 58.0 Å². The number of nitrogens with two attached hydrogens (primary N) is 2. The summed E-state index contributed by atoms with van der Waals surface area (Å²) in [6, 6.07) is 30.3. The van der Waals surface area contributed by atoms with Crippen molar-refractivity contribution in [1.82, 2.24) is 80.1 Å². The molecule has 11 rings (SSSR count). The first-order chi connectivity index (χ1) is 35.5. The van der Waals surface area contributed by atoms with E-state index in [1.165, 1.54) is 22.9 Å². The monoisotopic (exact) mass is 988 g/mol. The number of nitrogens with one attached hydrogen (secondary N) is 3. The topological polar surface area (TPSA) is 308 Å². The number of H-pyrrole nitrogens is 2. The molecular formula is C48H39F3N18O4. The van der Waals surface area contributed by atoms with Crippen LogP contribution in [0.15, 0.2) is 128 Å². The molecule has 8 heterocycles. The Morgan fingerprint density at radius 3 is 1.41 bits per heavy atom. The minimum Gasteiger partial charge on any atom is -0.363 e. The van der Waals surface area contributed by atoms with Gasteiger partial charge < -0.3 is 5.73 Å². The van der Waals surface area contributed by atoms with Gasteiger partial charge in [-0.05, 0) is 54.6 Å². The summed E-state index contributed by atoms with van der Waals surface area (Å²) in [6.07, 6.45) is 5.92. The SMILES string of the molecule is CCc1nc(-c2nn(Cc3ccccc3F)c3ncccc23)n[nH]1.NC(=O)c1nc(-c2nn(Cc3ccccc3F)c3ncccc23)n[nH]1.NNC(=O)c1nn(Cc2ccccc2F)c2ncccc12.O=C=O. The van der Waals surface area contributed by atoms with Crippen LogP contribution in [0.4, 0.5) is 13.2 Å². The Bertz CT molecular complexity index is 3770. The molecule has 2 amide bonds. The largest absolute Gasteiger partial charge is 0.373 e. The first-order valence-corrected chi connectivity index (χ1v) is 21.8. The third-order valence-electron chi connectivity index (χ3n) is 10.7. The quantitative estimate of drug-likeness (QED) is 0.0639. The molecule has 7 N–H and O–H groups in total. The molecule has 0 radical (unpaired) electrons. The summed E-state index contributed by atoms with van der Waals surface area (Å²) in [5, 5.41) is 28.9. The molecule has 8 aromatic heterocycles. The van der Waals surface area contributed by atoms with Crippen molar-refractivity contribution in [3.05, 3.63) is 179 Å². The second kappa shape index (κ2) is 22.5. The molecule has 0 saturated heterocycles. The van der Waals surface area contributed by atoms with Crippen LogP contribution in [0.5, 0.6) is 0 Å². The van der Waals surface area contributed by atoms with Crippen LogP contribution in [0.2, 0.25) is 0 Å². The highest BCUT2D eigenvalue weighted by molar-refractivity contribution is 6.03. The van der Waals surface area contributed by atoms with E-state index in [1.807, 2.05) is 30.5 Å². The number of fused-ring (bicyclic) bond motifs is 3. The third-order valence-corrected chi connectivity index (χ3v) is 10.7. The predicted octanol–water partition coefficient (Wildman–Crippen LogP) is 5.11. The Labute approximate surface area is 409 Å². The molecular weight excluding hydrogens is 950 g/mol. The Morgan fingerprint density at radius 1 is 0.589 bits per heavy atom. The van der Waals surface area contributed by atoms with Gasteiger partial charge in [0.15, 0.2) is 22.6 Å².